The van der Waals surface area contributed by atoms with Crippen LogP contribution in [0.5, 0.6) is 0 Å². The third-order valence-electron chi connectivity index (χ3n) is 5.61. The minimum Gasteiger partial charge on any atom is -0.462 e. The largest absolute Gasteiger partial charge is 0.462 e. The van der Waals surface area contributed by atoms with Crippen molar-refractivity contribution in [1.82, 2.24) is 0 Å². The van der Waals surface area contributed by atoms with Gasteiger partial charge >= 0.3 is 17.9 Å². The molecule has 6 heteroatoms. The summed E-state index contributed by atoms with van der Waals surface area (Å²) in [5.41, 5.74) is 0. The predicted octanol–water partition coefficient (Wildman–Crippen LogP) is 7.07. The molecule has 0 aliphatic heterocycles. The van der Waals surface area contributed by atoms with Crippen LogP contribution in [0.25, 0.3) is 0 Å². The van der Waals surface area contributed by atoms with Gasteiger partial charge in [0.2, 0.25) is 0 Å². The number of hydrogen-bond acceptors (Lipinski definition) is 6. The van der Waals surface area contributed by atoms with Gasteiger partial charge in [0.05, 0.1) is 0 Å². The monoisotopic (exact) mass is 473 g/mol. The number of hydrogen-bond donors (Lipinski definition) is 0. The molecule has 0 aromatic heterocycles. The van der Waals surface area contributed by atoms with Crippen molar-refractivity contribution in [1.29, 1.82) is 0 Å². The lowest BCUT2D eigenvalue weighted by molar-refractivity contribution is -0.167. The van der Waals surface area contributed by atoms with Crippen LogP contribution in [0.3, 0.4) is 0 Å². The lowest BCUT2D eigenvalue weighted by Crippen LogP contribution is -2.30. The molecular formula is C27H50O6. The van der Waals surface area contributed by atoms with E-state index < -0.39 is 6.10 Å². The second-order valence-electron chi connectivity index (χ2n) is 8.97. The van der Waals surface area contributed by atoms with Gasteiger partial charge in [0, 0.05) is 19.3 Å². The molecule has 0 fully saturated rings. The van der Waals surface area contributed by atoms with Crippen molar-refractivity contribution in [3.63, 3.8) is 0 Å². The summed E-state index contributed by atoms with van der Waals surface area (Å²) in [5.74, 6) is -0.925. The van der Waals surface area contributed by atoms with Crippen LogP contribution in [-0.2, 0) is 28.6 Å². The Kier molecular flexibility index (Phi) is 22.4. The highest BCUT2D eigenvalue weighted by molar-refractivity contribution is 5.71. The Balaban J connectivity index is 4.37. The number of esters is 3. The highest BCUT2D eigenvalue weighted by Gasteiger charge is 2.19. The van der Waals surface area contributed by atoms with E-state index in [1.807, 2.05) is 0 Å². The van der Waals surface area contributed by atoms with E-state index >= 15 is 0 Å². The Labute approximate surface area is 202 Å². The van der Waals surface area contributed by atoms with Crippen molar-refractivity contribution in [2.75, 3.05) is 13.2 Å². The van der Waals surface area contributed by atoms with Gasteiger partial charge in [0.25, 0.3) is 0 Å². The van der Waals surface area contributed by atoms with Crippen LogP contribution in [0, 0.1) is 0 Å². The Morgan fingerprint density at radius 2 is 0.818 bits per heavy atom. The first-order chi connectivity index (χ1) is 16.0. The van der Waals surface area contributed by atoms with Gasteiger partial charge in [-0.05, 0) is 19.3 Å². The number of carbonyl (C=O) groups is 3. The van der Waals surface area contributed by atoms with E-state index in [-0.39, 0.29) is 31.1 Å². The molecule has 0 aromatic rings. The van der Waals surface area contributed by atoms with Gasteiger partial charge in [-0.1, -0.05) is 97.8 Å². The van der Waals surface area contributed by atoms with E-state index in [1.165, 1.54) is 19.3 Å². The third kappa shape index (κ3) is 22.0. The summed E-state index contributed by atoms with van der Waals surface area (Å²) in [6.45, 7) is 6.32. The van der Waals surface area contributed by atoms with Crippen molar-refractivity contribution >= 4 is 17.9 Å². The first kappa shape index (κ1) is 31.4. The van der Waals surface area contributed by atoms with E-state index in [0.717, 1.165) is 77.0 Å². The third-order valence-corrected chi connectivity index (χ3v) is 5.61. The maximum atomic E-state index is 12.2. The number of unbranched alkanes of at least 4 members (excludes halogenated alkanes) is 12. The molecule has 0 heterocycles. The average Bonchev–Trinajstić information content (AvgIpc) is 2.80. The second-order valence-corrected chi connectivity index (χ2v) is 8.97. The molecule has 0 saturated carbocycles. The van der Waals surface area contributed by atoms with Gasteiger partial charge in [-0.15, -0.1) is 0 Å². The van der Waals surface area contributed by atoms with Gasteiger partial charge < -0.3 is 14.2 Å². The van der Waals surface area contributed by atoms with Crippen molar-refractivity contribution in [3.05, 3.63) is 0 Å². The molecule has 0 aliphatic carbocycles. The molecule has 0 aromatic carbocycles. The molecule has 0 N–H and O–H groups in total. The molecule has 0 atom stereocenters. The molecule has 0 aliphatic rings. The van der Waals surface area contributed by atoms with Crippen molar-refractivity contribution < 1.29 is 28.6 Å². The number of carbonyl (C=O) groups excluding carboxylic acids is 3. The fraction of sp³-hybridized carbons (Fsp3) is 0.889. The van der Waals surface area contributed by atoms with Crippen molar-refractivity contribution in [2.24, 2.45) is 0 Å². The van der Waals surface area contributed by atoms with Crippen LogP contribution in [-0.4, -0.2) is 37.2 Å². The molecule has 0 unspecified atom stereocenters. The van der Waals surface area contributed by atoms with Gasteiger partial charge in [0.1, 0.15) is 13.2 Å². The smallest absolute Gasteiger partial charge is 0.306 e. The number of ether oxygens (including phenoxy) is 3. The van der Waals surface area contributed by atoms with Gasteiger partial charge in [-0.2, -0.15) is 0 Å². The topological polar surface area (TPSA) is 78.9 Å². The SMILES string of the molecule is CCCCCCC[13C](=O)OCC(CO[13C](=O)CCCCCCC)O[13C](=O)CCCCCCC. The lowest BCUT2D eigenvalue weighted by Gasteiger charge is -2.18. The molecule has 0 spiro atoms. The summed E-state index contributed by atoms with van der Waals surface area (Å²) in [5, 5.41) is 0. The molecule has 0 bridgehead atoms. The van der Waals surface area contributed by atoms with Gasteiger partial charge in [-0.3, -0.25) is 14.4 Å². The van der Waals surface area contributed by atoms with E-state index in [2.05, 4.69) is 20.8 Å². The molecule has 6 nitrogen and oxygen atoms in total. The summed E-state index contributed by atoms with van der Waals surface area (Å²) < 4.78 is 16.1. The summed E-state index contributed by atoms with van der Waals surface area (Å²) >= 11 is 0. The maximum Gasteiger partial charge on any atom is 0.306 e. The average molecular weight is 474 g/mol. The highest BCUT2D eigenvalue weighted by atomic mass is 16.7. The molecule has 33 heavy (non-hydrogen) atoms. The van der Waals surface area contributed by atoms with Crippen molar-refractivity contribution in [2.45, 2.75) is 142 Å². The fourth-order valence-electron chi connectivity index (χ4n) is 3.50. The van der Waals surface area contributed by atoms with Crippen LogP contribution in [0.4, 0.5) is 0 Å². The maximum absolute atomic E-state index is 12.2. The molecule has 0 radical (unpaired) electrons. The van der Waals surface area contributed by atoms with Crippen LogP contribution in [0.1, 0.15) is 136 Å². The van der Waals surface area contributed by atoms with Crippen LogP contribution < -0.4 is 0 Å². The quantitative estimate of drug-likeness (QED) is 0.0683. The summed E-state index contributed by atoms with van der Waals surface area (Å²) in [6.07, 6.45) is 16.0. The second kappa shape index (κ2) is 23.6. The van der Waals surface area contributed by atoms with E-state index in [4.69, 9.17) is 14.2 Å². The molecular weight excluding hydrogens is 423 g/mol. The van der Waals surface area contributed by atoms with E-state index in [0.29, 0.717) is 19.3 Å². The molecule has 194 valence electrons. The van der Waals surface area contributed by atoms with Crippen LogP contribution in [0.15, 0.2) is 0 Å². The molecule has 0 amide bonds. The first-order valence-electron chi connectivity index (χ1n) is 13.5. The van der Waals surface area contributed by atoms with Gasteiger partial charge in [0.15, 0.2) is 6.10 Å². The van der Waals surface area contributed by atoms with Crippen molar-refractivity contribution in [3.8, 4) is 0 Å². The zero-order valence-electron chi connectivity index (χ0n) is 21.7. The highest BCUT2D eigenvalue weighted by Crippen LogP contribution is 2.10. The summed E-state index contributed by atoms with van der Waals surface area (Å²) in [6, 6.07) is 0. The zero-order valence-corrected chi connectivity index (χ0v) is 21.7. The Morgan fingerprint density at radius 1 is 0.485 bits per heavy atom. The van der Waals surface area contributed by atoms with Gasteiger partial charge in [-0.25, -0.2) is 0 Å². The Morgan fingerprint density at radius 3 is 1.18 bits per heavy atom. The minimum absolute atomic E-state index is 0.0703. The predicted molar refractivity (Wildman–Crippen MR) is 132 cm³/mol. The Bertz CT molecular complexity index is 461. The lowest BCUT2D eigenvalue weighted by atomic mass is 10.1. The zero-order chi connectivity index (χ0) is 24.6. The number of rotatable bonds is 23. The van der Waals surface area contributed by atoms with E-state index in [1.54, 1.807) is 0 Å². The van der Waals surface area contributed by atoms with Crippen LogP contribution in [0.2, 0.25) is 0 Å². The normalized spacial score (nSPS) is 10.9. The first-order valence-corrected chi connectivity index (χ1v) is 13.5. The minimum atomic E-state index is -0.749. The van der Waals surface area contributed by atoms with E-state index in [9.17, 15) is 14.4 Å². The molecule has 0 rings (SSSR count). The Hall–Kier alpha value is -1.59. The fourth-order valence-corrected chi connectivity index (χ4v) is 3.50. The van der Waals surface area contributed by atoms with Crippen LogP contribution >= 0.6 is 0 Å². The standard InChI is InChI=1S/C27H50O6/c1-4-7-10-13-16-19-25(28)31-22-24(33-27(30)21-18-15-12-9-6-3)23-32-26(29)20-17-14-11-8-5-2/h24H,4-23H2,1-3H3/i25+1,26+1,27+1. The molecule has 0 saturated heterocycles. The summed E-state index contributed by atoms with van der Waals surface area (Å²) in [4.78, 5) is 36.3. The summed E-state index contributed by atoms with van der Waals surface area (Å²) in [7, 11) is 0.